The first kappa shape index (κ1) is 24.2. The minimum atomic E-state index is -1.49. The van der Waals surface area contributed by atoms with Gasteiger partial charge < -0.3 is 24.8 Å². The number of aromatic nitrogens is 2. The summed E-state index contributed by atoms with van der Waals surface area (Å²) in [6.07, 6.45) is 6.15. The molecule has 190 valence electrons. The molecule has 1 saturated heterocycles. The van der Waals surface area contributed by atoms with Gasteiger partial charge in [-0.25, -0.2) is 0 Å². The summed E-state index contributed by atoms with van der Waals surface area (Å²) in [5, 5.41) is 27.1. The highest BCUT2D eigenvalue weighted by Crippen LogP contribution is 2.44. The summed E-state index contributed by atoms with van der Waals surface area (Å²) in [5.74, 6) is 0.915. The van der Waals surface area contributed by atoms with Crippen LogP contribution < -0.4 is 10.8 Å². The number of benzene rings is 2. The van der Waals surface area contributed by atoms with Crippen LogP contribution >= 0.6 is 0 Å². The summed E-state index contributed by atoms with van der Waals surface area (Å²) in [4.78, 5) is 7.22. The number of allylic oxidation sites excluding steroid dienone is 2. The number of nitrogens with one attached hydrogen (secondary N) is 1. The van der Waals surface area contributed by atoms with E-state index in [9.17, 15) is 10.0 Å². The highest BCUT2D eigenvalue weighted by Gasteiger charge is 2.43. The molecule has 0 spiro atoms. The maximum absolute atomic E-state index is 9.60. The normalized spacial score (nSPS) is 19.3. The predicted octanol–water partition coefficient (Wildman–Crippen LogP) is 3.45. The summed E-state index contributed by atoms with van der Waals surface area (Å²) in [6.45, 7) is 4.65. The van der Waals surface area contributed by atoms with Crippen LogP contribution in [0.1, 0.15) is 45.8 Å². The fourth-order valence-corrected chi connectivity index (χ4v) is 5.75. The van der Waals surface area contributed by atoms with Gasteiger partial charge in [-0.1, -0.05) is 65.8 Å². The largest absolute Gasteiger partial charge is 0.488 e. The Hall–Kier alpha value is -4.14. The second-order valence-corrected chi connectivity index (χ2v) is 9.88. The van der Waals surface area contributed by atoms with Crippen molar-refractivity contribution in [3.8, 4) is 0 Å². The van der Waals surface area contributed by atoms with Gasteiger partial charge in [-0.3, -0.25) is 4.98 Å². The number of dihydropyridines is 1. The third kappa shape index (κ3) is 4.32. The molecule has 3 unspecified atom stereocenters. The lowest BCUT2D eigenvalue weighted by Crippen LogP contribution is -2.34. The van der Waals surface area contributed by atoms with Crippen molar-refractivity contribution in [2.75, 3.05) is 6.54 Å². The van der Waals surface area contributed by atoms with Gasteiger partial charge >= 0.3 is 7.12 Å². The van der Waals surface area contributed by atoms with Crippen LogP contribution in [0.5, 0.6) is 0 Å². The van der Waals surface area contributed by atoms with Crippen LogP contribution in [-0.4, -0.2) is 44.8 Å². The summed E-state index contributed by atoms with van der Waals surface area (Å²) in [7, 11) is -1.49. The molecule has 2 aliphatic rings. The third-order valence-electron chi connectivity index (χ3n) is 7.55. The van der Waals surface area contributed by atoms with Crippen LogP contribution in [0.4, 0.5) is 0 Å². The second-order valence-electron chi connectivity index (χ2n) is 9.88. The van der Waals surface area contributed by atoms with E-state index in [1.165, 1.54) is 11.3 Å². The van der Waals surface area contributed by atoms with Crippen molar-refractivity contribution in [2.45, 2.75) is 31.8 Å². The van der Waals surface area contributed by atoms with Crippen LogP contribution in [0.2, 0.25) is 0 Å². The Morgan fingerprint density at radius 1 is 1.00 bits per heavy atom. The number of hydrogen-bond acceptors (Lipinski definition) is 7. The predicted molar refractivity (Wildman–Crippen MR) is 147 cm³/mol. The Bertz CT molecular complexity index is 1420. The van der Waals surface area contributed by atoms with Gasteiger partial charge in [0, 0.05) is 41.7 Å². The number of nitrogens with zero attached hydrogens (tertiary/aromatic N) is 3. The third-order valence-corrected chi connectivity index (χ3v) is 7.55. The molecule has 0 amide bonds. The molecular weight excluding hydrogens is 475 g/mol. The van der Waals surface area contributed by atoms with Gasteiger partial charge in [-0.2, -0.15) is 0 Å². The van der Waals surface area contributed by atoms with Gasteiger partial charge in [0.2, 0.25) is 0 Å². The van der Waals surface area contributed by atoms with Crippen molar-refractivity contribution in [1.29, 1.82) is 0 Å². The maximum atomic E-state index is 9.60. The number of aryl methyl sites for hydroxylation is 2. The Kier molecular flexibility index (Phi) is 6.35. The molecule has 0 bridgehead atoms. The van der Waals surface area contributed by atoms with Crippen LogP contribution in [0.25, 0.3) is 5.57 Å². The molecule has 4 heterocycles. The zero-order chi connectivity index (χ0) is 26.2. The van der Waals surface area contributed by atoms with E-state index < -0.39 is 7.12 Å². The first-order valence-electron chi connectivity index (χ1n) is 12.8. The lowest BCUT2D eigenvalue weighted by atomic mass is 9.79. The Labute approximate surface area is 222 Å². The van der Waals surface area contributed by atoms with Crippen molar-refractivity contribution in [1.82, 2.24) is 20.4 Å². The molecule has 8 heteroatoms. The van der Waals surface area contributed by atoms with E-state index in [4.69, 9.17) is 9.51 Å². The van der Waals surface area contributed by atoms with Crippen molar-refractivity contribution >= 4 is 18.2 Å². The second kappa shape index (κ2) is 9.97. The molecule has 0 aliphatic carbocycles. The summed E-state index contributed by atoms with van der Waals surface area (Å²) < 4.78 is 5.48. The van der Waals surface area contributed by atoms with Crippen LogP contribution in [0.15, 0.2) is 101 Å². The van der Waals surface area contributed by atoms with E-state index in [-0.39, 0.29) is 18.0 Å². The Morgan fingerprint density at radius 3 is 2.42 bits per heavy atom. The van der Waals surface area contributed by atoms with Crippen molar-refractivity contribution in [3.63, 3.8) is 0 Å². The molecule has 1 fully saturated rings. The van der Waals surface area contributed by atoms with E-state index in [2.05, 4.69) is 58.0 Å². The molecule has 2 aromatic heterocycles. The van der Waals surface area contributed by atoms with Gasteiger partial charge in [0.15, 0.2) is 0 Å². The SMILES string of the molecule is Cc1noc(C)c1C1=CNC2C(=C1)N(C(c1ccccc1)c1ccccn1)CC2c1ccc(B(O)O)cc1. The zero-order valence-electron chi connectivity index (χ0n) is 21.3. The number of likely N-dealkylation sites (tertiary alicyclic amines) is 1. The van der Waals surface area contributed by atoms with E-state index in [0.717, 1.165) is 40.4 Å². The van der Waals surface area contributed by atoms with Gasteiger partial charge in [0.1, 0.15) is 5.76 Å². The topological polar surface area (TPSA) is 94.7 Å². The molecule has 4 aromatic rings. The fraction of sp³-hybridized carbons (Fsp3) is 0.200. The van der Waals surface area contributed by atoms with Crippen LogP contribution in [-0.2, 0) is 0 Å². The average Bonchev–Trinajstić information content (AvgIpc) is 3.49. The van der Waals surface area contributed by atoms with E-state index in [1.807, 2.05) is 50.4 Å². The minimum absolute atomic E-state index is 0.0269. The zero-order valence-corrected chi connectivity index (χ0v) is 21.3. The molecule has 3 N–H and O–H groups in total. The molecule has 6 rings (SSSR count). The summed E-state index contributed by atoms with van der Waals surface area (Å²) in [5.41, 5.74) is 7.80. The fourth-order valence-electron chi connectivity index (χ4n) is 5.75. The van der Waals surface area contributed by atoms with Crippen LogP contribution in [0.3, 0.4) is 0 Å². The van der Waals surface area contributed by atoms with E-state index >= 15 is 0 Å². The maximum Gasteiger partial charge on any atom is 0.488 e. The van der Waals surface area contributed by atoms with Gasteiger partial charge in [-0.05, 0) is 48.6 Å². The summed E-state index contributed by atoms with van der Waals surface area (Å²) >= 11 is 0. The van der Waals surface area contributed by atoms with E-state index in [1.54, 1.807) is 12.1 Å². The standard InChI is InChI=1S/C30H29BN4O3/c1-19-28(20(2)38-34-19)23-16-27-29(33-17-23)25(21-11-13-24(14-12-21)31(36)37)18-35(27)30(22-8-4-3-5-9-22)26-10-6-7-15-32-26/h3-17,25,29-30,33,36-37H,18H2,1-2H3. The van der Waals surface area contributed by atoms with Crippen molar-refractivity contribution < 1.29 is 14.6 Å². The molecule has 3 atom stereocenters. The smallest absolute Gasteiger partial charge is 0.423 e. The lowest BCUT2D eigenvalue weighted by Gasteiger charge is -2.33. The quantitative estimate of drug-likeness (QED) is 0.347. The number of rotatable bonds is 6. The lowest BCUT2D eigenvalue weighted by molar-refractivity contribution is 0.317. The molecule has 7 nitrogen and oxygen atoms in total. The Morgan fingerprint density at radius 2 is 1.76 bits per heavy atom. The first-order valence-corrected chi connectivity index (χ1v) is 12.8. The van der Waals surface area contributed by atoms with E-state index in [0.29, 0.717) is 5.46 Å². The molecule has 2 aromatic carbocycles. The van der Waals surface area contributed by atoms with Gasteiger partial charge in [0.05, 0.1) is 23.5 Å². The number of pyridine rings is 1. The Balaban J connectivity index is 1.47. The first-order chi connectivity index (χ1) is 18.5. The average molecular weight is 504 g/mol. The monoisotopic (exact) mass is 504 g/mol. The van der Waals surface area contributed by atoms with Gasteiger partial charge in [0.25, 0.3) is 0 Å². The number of fused-ring (bicyclic) bond motifs is 1. The van der Waals surface area contributed by atoms with Crippen molar-refractivity contribution in [2.24, 2.45) is 0 Å². The molecule has 38 heavy (non-hydrogen) atoms. The van der Waals surface area contributed by atoms with Gasteiger partial charge in [-0.15, -0.1) is 0 Å². The highest BCUT2D eigenvalue weighted by molar-refractivity contribution is 6.58. The number of hydrogen-bond donors (Lipinski definition) is 3. The van der Waals surface area contributed by atoms with Crippen molar-refractivity contribution in [3.05, 3.63) is 131 Å². The molecule has 0 radical (unpaired) electrons. The highest BCUT2D eigenvalue weighted by atomic mass is 16.5. The molecule has 2 aliphatic heterocycles. The molecular formula is C30H29BN4O3. The van der Waals surface area contributed by atoms with Crippen LogP contribution in [0, 0.1) is 13.8 Å². The summed E-state index contributed by atoms with van der Waals surface area (Å²) in [6, 6.07) is 24.0. The molecule has 0 saturated carbocycles. The minimum Gasteiger partial charge on any atom is -0.423 e.